The standard InChI is InChI=1S/C18H19NO3/c1-19-8-7-18-11-4-5-13(20)17(18)22-16-14(21-2)6-3-10(15(16)18)9-12(11)19/h3-6,11-12,17H,7-9H2,1-2H3/t11-,12+,17-,18-/m0/s1. The van der Waals surface area contributed by atoms with Crippen LogP contribution >= 0.6 is 0 Å². The summed E-state index contributed by atoms with van der Waals surface area (Å²) in [5.41, 5.74) is 2.40. The van der Waals surface area contributed by atoms with Crippen LogP contribution in [0.25, 0.3) is 0 Å². The van der Waals surface area contributed by atoms with Gasteiger partial charge in [0, 0.05) is 17.5 Å². The number of likely N-dealkylation sites (tertiary alicyclic amines) is 1. The summed E-state index contributed by atoms with van der Waals surface area (Å²) in [4.78, 5) is 15.0. The van der Waals surface area contributed by atoms with E-state index in [9.17, 15) is 4.79 Å². The highest BCUT2D eigenvalue weighted by molar-refractivity contribution is 5.98. The van der Waals surface area contributed by atoms with Crippen LogP contribution < -0.4 is 9.47 Å². The molecule has 2 heterocycles. The molecule has 0 saturated carbocycles. The molecule has 22 heavy (non-hydrogen) atoms. The molecule has 2 aliphatic heterocycles. The largest absolute Gasteiger partial charge is 0.493 e. The number of benzene rings is 1. The Morgan fingerprint density at radius 3 is 3.09 bits per heavy atom. The fourth-order valence-corrected chi connectivity index (χ4v) is 5.23. The van der Waals surface area contributed by atoms with E-state index < -0.39 is 0 Å². The summed E-state index contributed by atoms with van der Waals surface area (Å²) in [7, 11) is 3.86. The zero-order valence-electron chi connectivity index (χ0n) is 12.8. The number of hydrogen-bond acceptors (Lipinski definition) is 4. The number of ketones is 1. The van der Waals surface area contributed by atoms with Crippen LogP contribution in [0.3, 0.4) is 0 Å². The second kappa shape index (κ2) is 3.93. The Morgan fingerprint density at radius 1 is 1.41 bits per heavy atom. The van der Waals surface area contributed by atoms with Crippen molar-refractivity contribution in [3.8, 4) is 11.5 Å². The van der Waals surface area contributed by atoms with Gasteiger partial charge in [0.15, 0.2) is 23.4 Å². The van der Waals surface area contributed by atoms with Crippen molar-refractivity contribution >= 4 is 5.78 Å². The maximum atomic E-state index is 12.5. The van der Waals surface area contributed by atoms with E-state index in [0.717, 1.165) is 30.9 Å². The minimum absolute atomic E-state index is 0.102. The third-order valence-electron chi connectivity index (χ3n) is 6.21. The molecule has 0 radical (unpaired) electrons. The highest BCUT2D eigenvalue weighted by atomic mass is 16.5. The number of rotatable bonds is 1. The Morgan fingerprint density at radius 2 is 2.27 bits per heavy atom. The molecular weight excluding hydrogens is 278 g/mol. The quantitative estimate of drug-likeness (QED) is 0.791. The van der Waals surface area contributed by atoms with Gasteiger partial charge < -0.3 is 14.4 Å². The first-order valence-electron chi connectivity index (χ1n) is 7.96. The maximum absolute atomic E-state index is 12.5. The van der Waals surface area contributed by atoms with Crippen LogP contribution in [0.4, 0.5) is 0 Å². The van der Waals surface area contributed by atoms with Gasteiger partial charge in [0.25, 0.3) is 0 Å². The highest BCUT2D eigenvalue weighted by Gasteiger charge is 2.64. The monoisotopic (exact) mass is 297 g/mol. The molecule has 4 atom stereocenters. The fraction of sp³-hybridized carbons (Fsp3) is 0.500. The zero-order chi connectivity index (χ0) is 15.1. The summed E-state index contributed by atoms with van der Waals surface area (Å²) in [5, 5.41) is 0. The lowest BCUT2D eigenvalue weighted by Gasteiger charge is -2.55. The second-order valence-corrected chi connectivity index (χ2v) is 6.96. The number of piperidine rings is 1. The minimum Gasteiger partial charge on any atom is -0.493 e. The maximum Gasteiger partial charge on any atom is 0.196 e. The molecule has 5 rings (SSSR count). The highest BCUT2D eigenvalue weighted by Crippen LogP contribution is 2.61. The molecule has 1 fully saturated rings. The molecule has 0 N–H and O–H groups in total. The van der Waals surface area contributed by atoms with Crippen molar-refractivity contribution in [2.75, 3.05) is 20.7 Å². The average molecular weight is 297 g/mol. The normalized spacial score (nSPS) is 37.7. The van der Waals surface area contributed by atoms with Crippen molar-refractivity contribution in [1.29, 1.82) is 0 Å². The van der Waals surface area contributed by atoms with E-state index >= 15 is 0 Å². The Balaban J connectivity index is 1.84. The van der Waals surface area contributed by atoms with Gasteiger partial charge in [-0.05, 0) is 44.1 Å². The summed E-state index contributed by atoms with van der Waals surface area (Å²) < 4.78 is 11.7. The van der Waals surface area contributed by atoms with Crippen LogP contribution in [0.2, 0.25) is 0 Å². The van der Waals surface area contributed by atoms with Crippen molar-refractivity contribution in [3.05, 3.63) is 35.4 Å². The van der Waals surface area contributed by atoms with Crippen molar-refractivity contribution in [1.82, 2.24) is 4.90 Å². The van der Waals surface area contributed by atoms with Gasteiger partial charge in [-0.3, -0.25) is 4.79 Å². The first-order chi connectivity index (χ1) is 10.7. The van der Waals surface area contributed by atoms with Gasteiger partial charge in [-0.1, -0.05) is 12.1 Å². The number of ether oxygens (including phenoxy) is 2. The number of carbonyl (C=O) groups excluding carboxylic acids is 1. The van der Waals surface area contributed by atoms with E-state index in [1.54, 1.807) is 13.2 Å². The van der Waals surface area contributed by atoms with Crippen LogP contribution in [-0.2, 0) is 16.6 Å². The van der Waals surface area contributed by atoms with Gasteiger partial charge in [-0.15, -0.1) is 0 Å². The predicted octanol–water partition coefficient (Wildman–Crippen LogP) is 1.71. The van der Waals surface area contributed by atoms with Gasteiger partial charge in [-0.2, -0.15) is 0 Å². The van der Waals surface area contributed by atoms with Gasteiger partial charge in [-0.25, -0.2) is 0 Å². The lowest BCUT2D eigenvalue weighted by atomic mass is 9.53. The number of methoxy groups -OCH3 is 1. The Labute approximate surface area is 129 Å². The van der Waals surface area contributed by atoms with Crippen molar-refractivity contribution < 1.29 is 14.3 Å². The molecule has 0 amide bonds. The molecule has 1 aromatic rings. The van der Waals surface area contributed by atoms with Crippen molar-refractivity contribution in [2.24, 2.45) is 5.92 Å². The minimum atomic E-state index is -0.371. The van der Waals surface area contributed by atoms with E-state index in [2.05, 4.69) is 24.1 Å². The number of carbonyl (C=O) groups is 1. The molecule has 4 nitrogen and oxygen atoms in total. The summed E-state index contributed by atoms with van der Waals surface area (Å²) in [6, 6.07) is 4.60. The van der Waals surface area contributed by atoms with E-state index in [1.165, 1.54) is 11.1 Å². The fourth-order valence-electron chi connectivity index (χ4n) is 5.23. The molecule has 1 aromatic carbocycles. The summed E-state index contributed by atoms with van der Waals surface area (Å²) >= 11 is 0. The Kier molecular flexibility index (Phi) is 2.27. The smallest absolute Gasteiger partial charge is 0.196 e. The third-order valence-corrected chi connectivity index (χ3v) is 6.21. The van der Waals surface area contributed by atoms with Crippen LogP contribution in [0.5, 0.6) is 11.5 Å². The van der Waals surface area contributed by atoms with E-state index in [-0.39, 0.29) is 17.3 Å². The van der Waals surface area contributed by atoms with Crippen LogP contribution in [-0.4, -0.2) is 43.5 Å². The van der Waals surface area contributed by atoms with Gasteiger partial charge in [0.05, 0.1) is 12.5 Å². The van der Waals surface area contributed by atoms with Gasteiger partial charge in [0.1, 0.15) is 0 Å². The molecule has 4 aliphatic rings. The van der Waals surface area contributed by atoms with Gasteiger partial charge in [0.2, 0.25) is 0 Å². The molecule has 114 valence electrons. The van der Waals surface area contributed by atoms with Crippen LogP contribution in [0.1, 0.15) is 17.5 Å². The first-order valence-corrected chi connectivity index (χ1v) is 7.96. The van der Waals surface area contributed by atoms with Crippen molar-refractivity contribution in [3.63, 3.8) is 0 Å². The topological polar surface area (TPSA) is 38.8 Å². The molecule has 0 aromatic heterocycles. The third kappa shape index (κ3) is 1.23. The predicted molar refractivity (Wildman–Crippen MR) is 81.5 cm³/mol. The summed E-state index contributed by atoms with van der Waals surface area (Å²) in [6.07, 6.45) is 5.50. The number of hydrogen-bond donors (Lipinski definition) is 0. The summed E-state index contributed by atoms with van der Waals surface area (Å²) in [6.45, 7) is 1.01. The molecule has 1 spiro atoms. The summed E-state index contributed by atoms with van der Waals surface area (Å²) in [5.74, 6) is 2.03. The average Bonchev–Trinajstić information content (AvgIpc) is 2.88. The van der Waals surface area contributed by atoms with Crippen LogP contribution in [0, 0.1) is 5.92 Å². The van der Waals surface area contributed by atoms with E-state index in [4.69, 9.17) is 9.47 Å². The Bertz CT molecular complexity index is 725. The van der Waals surface area contributed by atoms with Crippen molar-refractivity contribution in [2.45, 2.75) is 30.4 Å². The Hall–Kier alpha value is -1.81. The number of likely N-dealkylation sites (N-methyl/N-ethyl adjacent to an activating group) is 1. The molecule has 4 heteroatoms. The lowest BCUT2D eigenvalue weighted by molar-refractivity contribution is -0.127. The van der Waals surface area contributed by atoms with Gasteiger partial charge >= 0.3 is 0 Å². The zero-order valence-corrected chi connectivity index (χ0v) is 12.8. The van der Waals surface area contributed by atoms with Crippen LogP contribution in [0.15, 0.2) is 24.3 Å². The lowest BCUT2D eigenvalue weighted by Crippen LogP contribution is -2.64. The second-order valence-electron chi connectivity index (χ2n) is 6.96. The molecule has 2 aliphatic carbocycles. The van der Waals surface area contributed by atoms with E-state index in [1.807, 2.05) is 6.07 Å². The molecular formula is C18H19NO3. The van der Waals surface area contributed by atoms with E-state index in [0.29, 0.717) is 12.0 Å². The molecule has 0 unspecified atom stereocenters. The first kappa shape index (κ1) is 12.7. The molecule has 1 saturated heterocycles. The number of nitrogens with zero attached hydrogens (tertiary/aromatic N) is 1. The SMILES string of the molecule is COc1ccc2c3c1O[C@H]1C(=O)C=C[C@H]4[C@@H](C2)N(C)CC[C@]314. The molecule has 2 bridgehead atoms.